The largest absolute Gasteiger partial charge is 0.309 e. The van der Waals surface area contributed by atoms with E-state index >= 15 is 0 Å². The second kappa shape index (κ2) is 12.1. The molecule has 10 aromatic carbocycles. The number of hydrogen-bond donors (Lipinski definition) is 0. The van der Waals surface area contributed by atoms with Crippen LogP contribution >= 0.6 is 0 Å². The van der Waals surface area contributed by atoms with Gasteiger partial charge in [-0.1, -0.05) is 133 Å². The van der Waals surface area contributed by atoms with Crippen molar-refractivity contribution in [3.63, 3.8) is 0 Å². The van der Waals surface area contributed by atoms with Crippen LogP contribution in [0.2, 0.25) is 0 Å². The summed E-state index contributed by atoms with van der Waals surface area (Å²) in [6, 6.07) is 72.7. The van der Waals surface area contributed by atoms with Crippen LogP contribution in [0.15, 0.2) is 200 Å². The van der Waals surface area contributed by atoms with Crippen molar-refractivity contribution in [3.05, 3.63) is 200 Å². The van der Waals surface area contributed by atoms with Crippen LogP contribution in [0.5, 0.6) is 0 Å². The van der Waals surface area contributed by atoms with E-state index in [1.165, 1.54) is 92.2 Å². The van der Waals surface area contributed by atoms with Crippen LogP contribution < -0.4 is 0 Å². The first-order valence-electron chi connectivity index (χ1n) is 21.6. The smallest absolute Gasteiger partial charge is 0.165 e. The van der Waals surface area contributed by atoms with E-state index in [0.29, 0.717) is 0 Å². The molecule has 0 bridgehead atoms. The molecule has 0 amide bonds. The van der Waals surface area contributed by atoms with E-state index in [1.807, 2.05) is 12.1 Å². The Bertz CT molecular complexity index is 4430. The number of benzene rings is 10. The summed E-state index contributed by atoms with van der Waals surface area (Å²) < 4.78 is 7.28. The first-order valence-corrected chi connectivity index (χ1v) is 21.6. The summed E-state index contributed by atoms with van der Waals surface area (Å²) >= 11 is 0. The molecule has 0 unspecified atom stereocenters. The molecular formula is C58H33N5. The molecule has 0 N–H and O–H groups in total. The first-order chi connectivity index (χ1) is 31.3. The number of aromatic nitrogens is 5. The minimum absolute atomic E-state index is 0.813. The molecule has 0 fully saturated rings. The SMILES string of the molecule is c1ccc2cc3c(cc2c1)c1c2c4ccccc4n(-c4ccc(-c5nc6ccccc6nc5-n5c6ccccc6c6c7ccccc7ccc65)cc4)c2cc2c4ccccc4n3c21. The number of nitrogens with zero attached hydrogens (tertiary/aromatic N) is 5. The van der Waals surface area contributed by atoms with E-state index in [1.54, 1.807) is 0 Å². The summed E-state index contributed by atoms with van der Waals surface area (Å²) in [5.74, 6) is 0.813. The van der Waals surface area contributed by atoms with Crippen molar-refractivity contribution in [2.24, 2.45) is 0 Å². The predicted molar refractivity (Wildman–Crippen MR) is 263 cm³/mol. The van der Waals surface area contributed by atoms with Crippen molar-refractivity contribution in [1.29, 1.82) is 0 Å². The first kappa shape index (κ1) is 33.2. The highest BCUT2D eigenvalue weighted by Crippen LogP contribution is 2.48. The highest BCUT2D eigenvalue weighted by molar-refractivity contribution is 6.36. The third-order valence-corrected chi connectivity index (χ3v) is 13.7. The molecule has 0 aliphatic carbocycles. The Hall–Kier alpha value is -8.54. The third kappa shape index (κ3) is 4.35. The van der Waals surface area contributed by atoms with Gasteiger partial charge in [-0.05, 0) is 88.3 Å². The zero-order chi connectivity index (χ0) is 40.9. The van der Waals surface area contributed by atoms with Crippen molar-refractivity contribution in [2.45, 2.75) is 0 Å². The van der Waals surface area contributed by atoms with Crippen LogP contribution in [-0.4, -0.2) is 23.5 Å². The molecule has 63 heavy (non-hydrogen) atoms. The summed E-state index contributed by atoms with van der Waals surface area (Å²) in [5.41, 5.74) is 13.0. The van der Waals surface area contributed by atoms with E-state index in [4.69, 9.17) is 9.97 Å². The maximum Gasteiger partial charge on any atom is 0.165 e. The molecule has 0 aliphatic heterocycles. The Labute approximate surface area is 359 Å². The summed E-state index contributed by atoms with van der Waals surface area (Å²) in [6.07, 6.45) is 0. The monoisotopic (exact) mass is 799 g/mol. The summed E-state index contributed by atoms with van der Waals surface area (Å²) in [5, 5.41) is 15.0. The Morgan fingerprint density at radius 3 is 1.70 bits per heavy atom. The standard InChI is InChI=1S/C58H33N5/c1-2-15-37-32-51-44(31-36(37)14-1)55-54-42-19-7-11-23-48(42)61(52(54)33-43-40-17-5-10-22-47(40)62(51)57(43)55)38-28-25-35(26-29-38)56-58(60-46-21-9-8-20-45(46)59-56)63-49-24-12-6-18-41(49)53-39-16-4-3-13-34(39)27-30-50(53)63/h1-33H. The Kier molecular flexibility index (Phi) is 6.36. The minimum atomic E-state index is 0.813. The normalized spacial score (nSPS) is 12.4. The van der Waals surface area contributed by atoms with E-state index in [2.05, 4.69) is 202 Å². The van der Waals surface area contributed by atoms with Crippen molar-refractivity contribution < 1.29 is 0 Å². The number of hydrogen-bond acceptors (Lipinski definition) is 2. The van der Waals surface area contributed by atoms with Crippen molar-refractivity contribution in [2.75, 3.05) is 0 Å². The average molecular weight is 800 g/mol. The molecule has 15 aromatic rings. The molecule has 0 saturated carbocycles. The van der Waals surface area contributed by atoms with Crippen LogP contribution in [0.3, 0.4) is 0 Å². The van der Waals surface area contributed by atoms with Crippen LogP contribution in [0, 0.1) is 0 Å². The van der Waals surface area contributed by atoms with Crippen molar-refractivity contribution in [1.82, 2.24) is 23.5 Å². The molecule has 0 saturated heterocycles. The molecule has 5 heterocycles. The second-order valence-corrected chi connectivity index (χ2v) is 16.9. The third-order valence-electron chi connectivity index (χ3n) is 13.7. The average Bonchev–Trinajstić information content (AvgIpc) is 4.07. The van der Waals surface area contributed by atoms with Gasteiger partial charge in [0.25, 0.3) is 0 Å². The van der Waals surface area contributed by atoms with Gasteiger partial charge in [0.1, 0.15) is 5.69 Å². The van der Waals surface area contributed by atoms with Gasteiger partial charge in [0, 0.05) is 54.3 Å². The molecule has 15 rings (SSSR count). The van der Waals surface area contributed by atoms with E-state index in [9.17, 15) is 0 Å². The lowest BCUT2D eigenvalue weighted by Crippen LogP contribution is -2.04. The maximum absolute atomic E-state index is 5.43. The van der Waals surface area contributed by atoms with Gasteiger partial charge >= 0.3 is 0 Å². The minimum Gasteiger partial charge on any atom is -0.309 e. The van der Waals surface area contributed by atoms with Gasteiger partial charge in [-0.2, -0.15) is 0 Å². The predicted octanol–water partition coefficient (Wildman–Crippen LogP) is 14.9. The van der Waals surface area contributed by atoms with Crippen LogP contribution in [0.4, 0.5) is 0 Å². The molecule has 0 spiro atoms. The highest BCUT2D eigenvalue weighted by Gasteiger charge is 2.25. The zero-order valence-corrected chi connectivity index (χ0v) is 33.8. The molecule has 290 valence electrons. The lowest BCUT2D eigenvalue weighted by Gasteiger charge is -2.15. The van der Waals surface area contributed by atoms with Gasteiger partial charge in [0.2, 0.25) is 0 Å². The van der Waals surface area contributed by atoms with Gasteiger partial charge in [0.15, 0.2) is 5.82 Å². The molecular weight excluding hydrogens is 767 g/mol. The van der Waals surface area contributed by atoms with Crippen LogP contribution in [-0.2, 0) is 0 Å². The highest BCUT2D eigenvalue weighted by atomic mass is 15.1. The second-order valence-electron chi connectivity index (χ2n) is 16.9. The lowest BCUT2D eigenvalue weighted by atomic mass is 10.0. The summed E-state index contributed by atoms with van der Waals surface area (Å²) in [6.45, 7) is 0. The number of fused-ring (bicyclic) bond motifs is 17. The van der Waals surface area contributed by atoms with Gasteiger partial charge in [-0.3, -0.25) is 4.57 Å². The fourth-order valence-corrected chi connectivity index (χ4v) is 11.1. The number of rotatable bonds is 3. The van der Waals surface area contributed by atoms with Crippen molar-refractivity contribution >= 4 is 114 Å². The van der Waals surface area contributed by atoms with Gasteiger partial charge in [-0.15, -0.1) is 0 Å². The fourth-order valence-electron chi connectivity index (χ4n) is 11.1. The summed E-state index contributed by atoms with van der Waals surface area (Å²) in [4.78, 5) is 10.8. The molecule has 5 heteroatoms. The van der Waals surface area contributed by atoms with Gasteiger partial charge in [0.05, 0.1) is 49.7 Å². The molecule has 0 aliphatic rings. The molecule has 0 radical (unpaired) electrons. The summed E-state index contributed by atoms with van der Waals surface area (Å²) in [7, 11) is 0. The van der Waals surface area contributed by atoms with E-state index < -0.39 is 0 Å². The lowest BCUT2D eigenvalue weighted by molar-refractivity contribution is 1.08. The Morgan fingerprint density at radius 1 is 0.317 bits per heavy atom. The van der Waals surface area contributed by atoms with Crippen molar-refractivity contribution in [3.8, 4) is 22.8 Å². The quantitative estimate of drug-likeness (QED) is 0.179. The zero-order valence-electron chi connectivity index (χ0n) is 33.8. The Morgan fingerprint density at radius 2 is 0.921 bits per heavy atom. The molecule has 5 aromatic heterocycles. The Balaban J connectivity index is 0.999. The topological polar surface area (TPSA) is 40.0 Å². The van der Waals surface area contributed by atoms with Gasteiger partial charge < -0.3 is 8.97 Å². The number of para-hydroxylation sites is 5. The van der Waals surface area contributed by atoms with Crippen LogP contribution in [0.1, 0.15) is 0 Å². The van der Waals surface area contributed by atoms with E-state index in [0.717, 1.165) is 44.8 Å². The van der Waals surface area contributed by atoms with Gasteiger partial charge in [-0.25, -0.2) is 9.97 Å². The molecule has 5 nitrogen and oxygen atoms in total. The van der Waals surface area contributed by atoms with E-state index in [-0.39, 0.29) is 0 Å². The fraction of sp³-hybridized carbons (Fsp3) is 0. The van der Waals surface area contributed by atoms with Crippen LogP contribution in [0.25, 0.3) is 137 Å². The molecule has 0 atom stereocenters. The maximum atomic E-state index is 5.43.